The van der Waals surface area contributed by atoms with E-state index in [0.717, 1.165) is 41.6 Å². The second-order valence-corrected chi connectivity index (χ2v) is 9.49. The molecule has 2 unspecified atom stereocenters. The average Bonchev–Trinajstić information content (AvgIpc) is 3.20. The molecule has 0 N–H and O–H groups in total. The molecule has 1 aliphatic carbocycles. The van der Waals surface area contributed by atoms with Crippen LogP contribution >= 0.6 is 0 Å². The topological polar surface area (TPSA) is 31.2 Å². The summed E-state index contributed by atoms with van der Waals surface area (Å²) in [7, 11) is 0. The van der Waals surface area contributed by atoms with Crippen molar-refractivity contribution in [2.75, 3.05) is 0 Å². The molecular weight excluding hydrogens is 439 g/mol. The lowest BCUT2D eigenvalue weighted by Crippen LogP contribution is -2.26. The van der Waals surface area contributed by atoms with Crippen LogP contribution in [0.15, 0.2) is 60.8 Å². The average molecular weight is 468 g/mol. The number of esters is 1. The summed E-state index contributed by atoms with van der Waals surface area (Å²) in [6.07, 6.45) is 2.01. The minimum absolute atomic E-state index is 0.0379. The van der Waals surface area contributed by atoms with E-state index in [2.05, 4.69) is 22.9 Å². The van der Waals surface area contributed by atoms with Gasteiger partial charge in [0.2, 0.25) is 0 Å². The molecule has 2 aliphatic rings. The Hall–Kier alpha value is -3.02. The lowest BCUT2D eigenvalue weighted by molar-refractivity contribution is -0.149. The van der Waals surface area contributed by atoms with E-state index in [4.69, 9.17) is 4.74 Å². The van der Waals surface area contributed by atoms with Crippen LogP contribution in [-0.4, -0.2) is 16.6 Å². The predicted octanol–water partition coefficient (Wildman–Crippen LogP) is 7.30. The highest BCUT2D eigenvalue weighted by molar-refractivity contribution is 5.73. The van der Waals surface area contributed by atoms with Crippen LogP contribution in [-0.2, 0) is 22.1 Å². The molecule has 0 saturated heterocycles. The Balaban J connectivity index is 1.67. The van der Waals surface area contributed by atoms with Crippen LogP contribution in [0.3, 0.4) is 0 Å². The van der Waals surface area contributed by atoms with E-state index in [1.807, 2.05) is 25.1 Å². The van der Waals surface area contributed by atoms with Gasteiger partial charge in [-0.1, -0.05) is 42.5 Å². The first-order valence-electron chi connectivity index (χ1n) is 12.0. The minimum Gasteiger partial charge on any atom is -0.463 e. The molecule has 1 aromatic heterocycles. The molecule has 1 aliphatic heterocycles. The van der Waals surface area contributed by atoms with E-state index in [-0.39, 0.29) is 24.0 Å². The minimum atomic E-state index is -4.37. The predicted molar refractivity (Wildman–Crippen MR) is 125 cm³/mol. The third kappa shape index (κ3) is 4.38. The zero-order valence-corrected chi connectivity index (χ0v) is 19.1. The van der Waals surface area contributed by atoms with Crippen molar-refractivity contribution in [2.45, 2.75) is 69.7 Å². The number of alkyl halides is 3. The fourth-order valence-electron chi connectivity index (χ4n) is 5.57. The standard InChI is InChI=1S/C28H28F3NO2/c1-18-10-15-25(20-11-13-22(14-12-20)28(29,30)31)32-17-24(19-6-3-2-4-7-19)23-9-5-8-21(27(23)32)16-26(33)34-18/h2-4,6-7,11-14,17-18,21,25H,5,8-10,15-16H2,1H3/t18?,21?,25-/m0/s1. The maximum Gasteiger partial charge on any atom is 0.416 e. The van der Waals surface area contributed by atoms with Crippen molar-refractivity contribution in [1.82, 2.24) is 4.57 Å². The van der Waals surface area contributed by atoms with Gasteiger partial charge in [0.1, 0.15) is 0 Å². The fourth-order valence-corrected chi connectivity index (χ4v) is 5.57. The number of ether oxygens (including phenoxy) is 1. The van der Waals surface area contributed by atoms with Crippen molar-refractivity contribution >= 4 is 5.97 Å². The van der Waals surface area contributed by atoms with Gasteiger partial charge < -0.3 is 9.30 Å². The molecule has 3 nitrogen and oxygen atoms in total. The normalized spacial score (nSPS) is 23.2. The van der Waals surface area contributed by atoms with Crippen molar-refractivity contribution in [2.24, 2.45) is 0 Å². The summed E-state index contributed by atoms with van der Waals surface area (Å²) in [5.74, 6) is -0.136. The number of rotatable bonds is 2. The highest BCUT2D eigenvalue weighted by Gasteiger charge is 2.34. The third-order valence-electron chi connectivity index (χ3n) is 7.18. The first-order valence-corrected chi connectivity index (χ1v) is 12.0. The van der Waals surface area contributed by atoms with Gasteiger partial charge in [0.25, 0.3) is 0 Å². The zero-order chi connectivity index (χ0) is 23.9. The molecule has 0 amide bonds. The van der Waals surface area contributed by atoms with Gasteiger partial charge in [-0.3, -0.25) is 4.79 Å². The lowest BCUT2D eigenvalue weighted by atomic mass is 9.83. The number of carbonyl (C=O) groups excluding carboxylic acids is 1. The Labute approximate surface area is 197 Å². The molecule has 0 spiro atoms. The summed E-state index contributed by atoms with van der Waals surface area (Å²) < 4.78 is 47.5. The van der Waals surface area contributed by atoms with E-state index in [0.29, 0.717) is 19.3 Å². The van der Waals surface area contributed by atoms with E-state index in [1.165, 1.54) is 17.7 Å². The van der Waals surface area contributed by atoms with Crippen molar-refractivity contribution in [3.63, 3.8) is 0 Å². The summed E-state index contributed by atoms with van der Waals surface area (Å²) in [6.45, 7) is 1.89. The van der Waals surface area contributed by atoms with Gasteiger partial charge in [-0.25, -0.2) is 0 Å². The Morgan fingerprint density at radius 2 is 1.71 bits per heavy atom. The molecule has 178 valence electrons. The maximum absolute atomic E-state index is 13.2. The first kappa shape index (κ1) is 22.8. The molecule has 6 heteroatoms. The molecule has 2 heterocycles. The van der Waals surface area contributed by atoms with Crippen LogP contribution in [0.25, 0.3) is 11.1 Å². The van der Waals surface area contributed by atoms with E-state index >= 15 is 0 Å². The number of carbonyl (C=O) groups is 1. The summed E-state index contributed by atoms with van der Waals surface area (Å²) in [5, 5.41) is 0. The van der Waals surface area contributed by atoms with Gasteiger partial charge in [-0.05, 0) is 67.9 Å². The molecule has 3 aromatic rings. The summed E-state index contributed by atoms with van der Waals surface area (Å²) in [4.78, 5) is 12.6. The molecule has 34 heavy (non-hydrogen) atoms. The van der Waals surface area contributed by atoms with Crippen LogP contribution in [0, 0.1) is 0 Å². The first-order chi connectivity index (χ1) is 16.3. The highest BCUT2D eigenvalue weighted by Crippen LogP contribution is 2.44. The van der Waals surface area contributed by atoms with E-state index < -0.39 is 11.7 Å². The van der Waals surface area contributed by atoms with Crippen LogP contribution < -0.4 is 0 Å². The summed E-state index contributed by atoms with van der Waals surface area (Å²) in [5.41, 5.74) is 4.86. The van der Waals surface area contributed by atoms with E-state index in [9.17, 15) is 18.0 Å². The Morgan fingerprint density at radius 3 is 2.41 bits per heavy atom. The molecule has 0 saturated carbocycles. The smallest absolute Gasteiger partial charge is 0.416 e. The Kier molecular flexibility index (Phi) is 6.00. The lowest BCUT2D eigenvalue weighted by Gasteiger charge is -2.31. The number of benzene rings is 2. The zero-order valence-electron chi connectivity index (χ0n) is 19.1. The Bertz CT molecular complexity index is 1160. The van der Waals surface area contributed by atoms with Crippen LogP contribution in [0.5, 0.6) is 0 Å². The molecule has 0 bridgehead atoms. The number of nitrogens with zero attached hydrogens (tertiary/aromatic N) is 1. The second kappa shape index (κ2) is 8.97. The number of hydrogen-bond donors (Lipinski definition) is 0. The molecule has 5 rings (SSSR count). The second-order valence-electron chi connectivity index (χ2n) is 9.49. The van der Waals surface area contributed by atoms with Crippen molar-refractivity contribution in [3.8, 4) is 11.1 Å². The summed E-state index contributed by atoms with van der Waals surface area (Å²) in [6, 6.07) is 15.6. The molecule has 0 fully saturated rings. The van der Waals surface area contributed by atoms with Crippen LogP contribution in [0.2, 0.25) is 0 Å². The number of halogens is 3. The summed E-state index contributed by atoms with van der Waals surface area (Å²) >= 11 is 0. The Morgan fingerprint density at radius 1 is 0.971 bits per heavy atom. The fraction of sp³-hybridized carbons (Fsp3) is 0.393. The van der Waals surface area contributed by atoms with Crippen molar-refractivity contribution in [1.29, 1.82) is 0 Å². The quantitative estimate of drug-likeness (QED) is 0.370. The van der Waals surface area contributed by atoms with Crippen LogP contribution in [0.4, 0.5) is 13.2 Å². The molecule has 3 atom stereocenters. The van der Waals surface area contributed by atoms with E-state index in [1.54, 1.807) is 12.1 Å². The van der Waals surface area contributed by atoms with Crippen molar-refractivity contribution < 1.29 is 22.7 Å². The van der Waals surface area contributed by atoms with Gasteiger partial charge in [-0.15, -0.1) is 0 Å². The van der Waals surface area contributed by atoms with Gasteiger partial charge >= 0.3 is 12.1 Å². The third-order valence-corrected chi connectivity index (χ3v) is 7.18. The number of hydrogen-bond acceptors (Lipinski definition) is 2. The monoisotopic (exact) mass is 467 g/mol. The van der Waals surface area contributed by atoms with Crippen LogP contribution in [0.1, 0.15) is 73.4 Å². The highest BCUT2D eigenvalue weighted by atomic mass is 19.4. The van der Waals surface area contributed by atoms with Gasteiger partial charge in [-0.2, -0.15) is 13.2 Å². The maximum atomic E-state index is 13.2. The number of cyclic esters (lactones) is 1. The van der Waals surface area contributed by atoms with Crippen molar-refractivity contribution in [3.05, 3.63) is 83.2 Å². The van der Waals surface area contributed by atoms with Gasteiger partial charge in [0, 0.05) is 23.4 Å². The molecule has 0 radical (unpaired) electrons. The molecular formula is C28H28F3NO2. The van der Waals surface area contributed by atoms with Gasteiger partial charge in [0.15, 0.2) is 0 Å². The SMILES string of the molecule is CC1CC[C@@H](c2ccc(C(F)(F)F)cc2)n2cc(-c3ccccc3)c3c2C(CCC3)CC(=O)O1. The molecule has 2 aromatic carbocycles. The number of aromatic nitrogens is 1. The van der Waals surface area contributed by atoms with Gasteiger partial charge in [0.05, 0.1) is 24.1 Å². The largest absolute Gasteiger partial charge is 0.463 e.